The molecule has 0 saturated heterocycles. The van der Waals surface area contributed by atoms with E-state index in [4.69, 9.17) is 19.1 Å². The number of halogens is 4. The Bertz CT molecular complexity index is 414. The van der Waals surface area contributed by atoms with Crippen LogP contribution in [0.25, 0.3) is 0 Å². The van der Waals surface area contributed by atoms with E-state index in [-0.39, 0.29) is 45.1 Å². The van der Waals surface area contributed by atoms with Gasteiger partial charge in [0.15, 0.2) is 0 Å². The van der Waals surface area contributed by atoms with Crippen molar-refractivity contribution in [1.29, 1.82) is 0 Å². The fraction of sp³-hybridized carbons (Fsp3) is 0.833. The molecule has 0 amide bonds. The summed E-state index contributed by atoms with van der Waals surface area (Å²) in [7, 11) is 9.41. The molecule has 0 atom stereocenters. The molecular formula is C24H48Cl2F2P2Pd. The van der Waals surface area contributed by atoms with E-state index in [1.165, 1.54) is 0 Å². The quantitative estimate of drug-likeness (QED) is 0.159. The predicted molar refractivity (Wildman–Crippen MR) is 145 cm³/mol. The summed E-state index contributed by atoms with van der Waals surface area (Å²) in [5.74, 6) is 0. The monoisotopic (exact) mass is 612 g/mol. The molecule has 0 spiro atoms. The molecule has 0 saturated carbocycles. The van der Waals surface area contributed by atoms with E-state index in [1.54, 1.807) is 12.2 Å². The van der Waals surface area contributed by atoms with E-state index in [9.17, 15) is 8.78 Å². The second kappa shape index (κ2) is 17.8. The Labute approximate surface area is 212 Å². The van der Waals surface area contributed by atoms with Crippen molar-refractivity contribution >= 4 is 34.9 Å². The van der Waals surface area contributed by atoms with Gasteiger partial charge in [0.25, 0.3) is 0 Å². The van der Waals surface area contributed by atoms with Crippen LogP contribution in [0.4, 0.5) is 8.78 Å². The van der Waals surface area contributed by atoms with Gasteiger partial charge in [-0.2, -0.15) is 0 Å². The molecule has 192 valence electrons. The molecule has 0 nitrogen and oxygen atoms in total. The first kappa shape index (κ1) is 37.0. The first-order valence-corrected chi connectivity index (χ1v) is 17.7. The average molecular weight is 614 g/mol. The second-order valence-electron chi connectivity index (χ2n) is 11.2. The summed E-state index contributed by atoms with van der Waals surface area (Å²) >= 11 is -0.106. The molecule has 0 aromatic rings. The third-order valence-electron chi connectivity index (χ3n) is 4.33. The summed E-state index contributed by atoms with van der Waals surface area (Å²) in [6, 6.07) is 0. The number of rotatable bonds is 6. The Morgan fingerprint density at radius 1 is 0.548 bits per heavy atom. The average Bonchev–Trinajstić information content (AvgIpc) is 2.52. The zero-order valence-electron chi connectivity index (χ0n) is 21.9. The molecule has 0 aliphatic carbocycles. The van der Waals surface area contributed by atoms with E-state index in [0.29, 0.717) is 20.6 Å². The van der Waals surface area contributed by atoms with Crippen LogP contribution < -0.4 is 0 Å². The van der Waals surface area contributed by atoms with Crippen LogP contribution in [0.3, 0.4) is 0 Å². The molecule has 0 aromatic heterocycles. The van der Waals surface area contributed by atoms with Crippen molar-refractivity contribution in [3.05, 3.63) is 24.3 Å². The normalized spacial score (nSPS) is 13.6. The topological polar surface area (TPSA) is 0 Å². The number of hydrogen-bond acceptors (Lipinski definition) is 0. The third-order valence-corrected chi connectivity index (χ3v) is 12.0. The van der Waals surface area contributed by atoms with Gasteiger partial charge in [-0.3, -0.25) is 0 Å². The van der Waals surface area contributed by atoms with Crippen molar-refractivity contribution in [2.75, 3.05) is 25.7 Å². The molecule has 31 heavy (non-hydrogen) atoms. The van der Waals surface area contributed by atoms with Gasteiger partial charge in [0.1, 0.15) is 13.3 Å². The van der Waals surface area contributed by atoms with Gasteiger partial charge in [-0.25, -0.2) is 8.78 Å². The molecule has 0 N–H and O–H groups in total. The van der Waals surface area contributed by atoms with E-state index in [1.807, 2.05) is 12.2 Å². The van der Waals surface area contributed by atoms with Crippen molar-refractivity contribution in [1.82, 2.24) is 0 Å². The van der Waals surface area contributed by atoms with E-state index in [0.717, 1.165) is 12.3 Å². The van der Waals surface area contributed by atoms with Crippen molar-refractivity contribution in [3.8, 4) is 0 Å². The molecule has 0 unspecified atom stereocenters. The number of allylic oxidation sites excluding steroid dienone is 4. The summed E-state index contributed by atoms with van der Waals surface area (Å²) in [5, 5.41) is 1.37. The molecule has 0 fully saturated rings. The molecule has 0 bridgehead atoms. The molecule has 0 heterocycles. The Balaban J connectivity index is -0.000000448. The van der Waals surface area contributed by atoms with Gasteiger partial charge in [-0.15, -0.1) is 0 Å². The Hall–Kier alpha value is 1.44. The van der Waals surface area contributed by atoms with Gasteiger partial charge < -0.3 is 0 Å². The third kappa shape index (κ3) is 21.7. The van der Waals surface area contributed by atoms with E-state index in [2.05, 4.69) is 83.1 Å². The second-order valence-corrected chi connectivity index (χ2v) is 21.4. The maximum atomic E-state index is 12.0. The van der Waals surface area contributed by atoms with Crippen LogP contribution in [0.1, 0.15) is 83.1 Å². The SMILES string of the molecule is CC(C)(C)P(CC=CCF)C(C)(C)C.CC(C)(C)P(CC=CCF)C(C)(C)C.[Cl][Pd][Cl]. The summed E-state index contributed by atoms with van der Waals surface area (Å²) < 4.78 is 23.9. The van der Waals surface area contributed by atoms with Gasteiger partial charge >= 0.3 is 35.0 Å². The van der Waals surface area contributed by atoms with Crippen LogP contribution in [0.15, 0.2) is 24.3 Å². The summed E-state index contributed by atoms with van der Waals surface area (Å²) in [6.45, 7) is 26.7. The Morgan fingerprint density at radius 2 is 0.742 bits per heavy atom. The van der Waals surface area contributed by atoms with Gasteiger partial charge in [0.2, 0.25) is 0 Å². The molecule has 0 rings (SSSR count). The van der Waals surface area contributed by atoms with Crippen LogP contribution in [0, 0.1) is 0 Å². The van der Waals surface area contributed by atoms with E-state index >= 15 is 0 Å². The molecular weight excluding hydrogens is 566 g/mol. The molecule has 0 aromatic carbocycles. The summed E-state index contributed by atoms with van der Waals surface area (Å²) in [5.41, 5.74) is 0. The fourth-order valence-corrected chi connectivity index (χ4v) is 10.5. The molecule has 0 aliphatic rings. The van der Waals surface area contributed by atoms with Gasteiger partial charge in [0.05, 0.1) is 0 Å². The number of hydrogen-bond donors (Lipinski definition) is 0. The standard InChI is InChI=1S/2C12H24FP.2ClH.Pd/c2*1-11(2,3)14(12(4,5)6)10-8-7-9-13;;;/h2*7-8H,9-10H2,1-6H3;2*1H;/q;;;;+2/p-2. The van der Waals surface area contributed by atoms with Crippen molar-refractivity contribution < 1.29 is 24.7 Å². The van der Waals surface area contributed by atoms with E-state index < -0.39 is 0 Å². The fourth-order valence-electron chi connectivity index (χ4n) is 3.59. The molecule has 0 radical (unpaired) electrons. The molecule has 0 aliphatic heterocycles. The van der Waals surface area contributed by atoms with Crippen LogP contribution in [0.2, 0.25) is 0 Å². The Kier molecular flexibility index (Phi) is 21.3. The van der Waals surface area contributed by atoms with Crippen LogP contribution in [-0.2, 0) is 15.9 Å². The predicted octanol–water partition coefficient (Wildman–Crippen LogP) is 10.6. The minimum absolute atomic E-state index is 0.106. The van der Waals surface area contributed by atoms with Crippen LogP contribution in [0.5, 0.6) is 0 Å². The number of alkyl halides is 2. The first-order valence-electron chi connectivity index (χ1n) is 10.6. The van der Waals surface area contributed by atoms with Gasteiger partial charge in [-0.1, -0.05) is 123 Å². The van der Waals surface area contributed by atoms with Crippen molar-refractivity contribution in [2.24, 2.45) is 0 Å². The zero-order valence-corrected chi connectivity index (χ0v) is 26.7. The van der Waals surface area contributed by atoms with Crippen LogP contribution in [-0.4, -0.2) is 46.3 Å². The summed E-state index contributed by atoms with van der Waals surface area (Å²) in [4.78, 5) is 0. The van der Waals surface area contributed by atoms with Crippen molar-refractivity contribution in [2.45, 2.75) is 104 Å². The Morgan fingerprint density at radius 3 is 0.871 bits per heavy atom. The maximum absolute atomic E-state index is 12.0. The minimum atomic E-state index is -0.336. The van der Waals surface area contributed by atoms with Gasteiger partial charge in [-0.05, 0) is 32.9 Å². The molecule has 7 heteroatoms. The van der Waals surface area contributed by atoms with Gasteiger partial charge in [0, 0.05) is 0 Å². The zero-order chi connectivity index (χ0) is 25.5. The summed E-state index contributed by atoms with van der Waals surface area (Å²) in [6.07, 6.45) is 9.34. The first-order chi connectivity index (χ1) is 13.8. The van der Waals surface area contributed by atoms with Crippen LogP contribution >= 0.6 is 34.9 Å². The van der Waals surface area contributed by atoms with Crippen molar-refractivity contribution in [3.63, 3.8) is 0 Å².